The second kappa shape index (κ2) is 3.81. The summed E-state index contributed by atoms with van der Waals surface area (Å²) in [6, 6.07) is 0. The fraction of sp³-hybridized carbons (Fsp3) is 0.636. The minimum absolute atomic E-state index is 0.0626. The standard InChI is InChI=1S/C11H16F2O/c1-3-4-9(2)10(14)5-7-11(12,13)8-6-10/h3,5,7,9,14H,1,4,6,8H2,2H3. The van der Waals surface area contributed by atoms with Crippen LogP contribution in [0.1, 0.15) is 26.2 Å². The summed E-state index contributed by atoms with van der Waals surface area (Å²) in [5.41, 5.74) is -1.09. The maximum Gasteiger partial charge on any atom is 0.266 e. The lowest BCUT2D eigenvalue weighted by Gasteiger charge is -2.35. The quantitative estimate of drug-likeness (QED) is 0.698. The first-order valence-electron chi connectivity index (χ1n) is 4.81. The number of aliphatic hydroxyl groups is 1. The molecule has 1 N–H and O–H groups in total. The molecule has 0 aromatic rings. The highest BCUT2D eigenvalue weighted by molar-refractivity contribution is 5.13. The van der Waals surface area contributed by atoms with E-state index in [4.69, 9.17) is 0 Å². The zero-order chi connectivity index (χ0) is 10.8. The molecule has 3 heteroatoms. The summed E-state index contributed by atoms with van der Waals surface area (Å²) < 4.78 is 25.6. The van der Waals surface area contributed by atoms with Crippen molar-refractivity contribution < 1.29 is 13.9 Å². The number of hydrogen-bond acceptors (Lipinski definition) is 1. The first-order chi connectivity index (χ1) is 6.40. The normalized spacial score (nSPS) is 32.6. The van der Waals surface area contributed by atoms with E-state index in [-0.39, 0.29) is 18.8 Å². The highest BCUT2D eigenvalue weighted by Gasteiger charge is 2.39. The maximum atomic E-state index is 12.8. The van der Waals surface area contributed by atoms with Crippen molar-refractivity contribution in [2.45, 2.75) is 37.7 Å². The van der Waals surface area contributed by atoms with E-state index >= 15 is 0 Å². The zero-order valence-electron chi connectivity index (χ0n) is 8.34. The molecular formula is C11H16F2O. The Hall–Kier alpha value is -0.700. The molecule has 1 aliphatic rings. The molecule has 0 spiro atoms. The van der Waals surface area contributed by atoms with Crippen molar-refractivity contribution >= 4 is 0 Å². The van der Waals surface area contributed by atoms with Crippen molar-refractivity contribution in [3.05, 3.63) is 24.8 Å². The van der Waals surface area contributed by atoms with Gasteiger partial charge in [0.15, 0.2) is 0 Å². The lowest BCUT2D eigenvalue weighted by atomic mass is 9.78. The molecule has 0 amide bonds. The van der Waals surface area contributed by atoms with E-state index in [2.05, 4.69) is 6.58 Å². The van der Waals surface area contributed by atoms with Crippen LogP contribution in [0.5, 0.6) is 0 Å². The summed E-state index contributed by atoms with van der Waals surface area (Å²) in [6.07, 6.45) is 4.23. The Balaban J connectivity index is 2.73. The van der Waals surface area contributed by atoms with Crippen LogP contribution in [0.15, 0.2) is 24.8 Å². The molecule has 0 aromatic carbocycles. The Morgan fingerprint density at radius 2 is 2.14 bits per heavy atom. The molecule has 14 heavy (non-hydrogen) atoms. The number of allylic oxidation sites excluding steroid dienone is 2. The topological polar surface area (TPSA) is 20.2 Å². The van der Waals surface area contributed by atoms with Crippen LogP contribution in [0, 0.1) is 5.92 Å². The van der Waals surface area contributed by atoms with E-state index in [1.165, 1.54) is 6.08 Å². The van der Waals surface area contributed by atoms with Gasteiger partial charge in [-0.15, -0.1) is 6.58 Å². The molecule has 1 nitrogen and oxygen atoms in total. The van der Waals surface area contributed by atoms with Crippen molar-refractivity contribution in [1.29, 1.82) is 0 Å². The number of alkyl halides is 2. The maximum absolute atomic E-state index is 12.8. The van der Waals surface area contributed by atoms with E-state index in [1.54, 1.807) is 6.08 Å². The van der Waals surface area contributed by atoms with Crippen molar-refractivity contribution in [3.63, 3.8) is 0 Å². The summed E-state index contributed by atoms with van der Waals surface area (Å²) in [4.78, 5) is 0. The van der Waals surface area contributed by atoms with E-state index < -0.39 is 11.5 Å². The molecule has 0 saturated heterocycles. The summed E-state index contributed by atoms with van der Waals surface area (Å²) in [7, 11) is 0. The Morgan fingerprint density at radius 3 is 2.57 bits per heavy atom. The Labute approximate surface area is 83.1 Å². The van der Waals surface area contributed by atoms with Gasteiger partial charge in [-0.05, 0) is 24.8 Å². The minimum Gasteiger partial charge on any atom is -0.386 e. The molecule has 0 heterocycles. The van der Waals surface area contributed by atoms with Gasteiger partial charge in [0.1, 0.15) is 0 Å². The molecule has 1 rings (SSSR count). The van der Waals surface area contributed by atoms with E-state index in [1.807, 2.05) is 6.92 Å². The van der Waals surface area contributed by atoms with Crippen molar-refractivity contribution in [2.24, 2.45) is 5.92 Å². The van der Waals surface area contributed by atoms with Gasteiger partial charge in [0.2, 0.25) is 0 Å². The van der Waals surface area contributed by atoms with Crippen molar-refractivity contribution in [1.82, 2.24) is 0 Å². The van der Waals surface area contributed by atoms with Crippen LogP contribution in [0.2, 0.25) is 0 Å². The van der Waals surface area contributed by atoms with Crippen molar-refractivity contribution in [3.8, 4) is 0 Å². The predicted octanol–water partition coefficient (Wildman–Crippen LogP) is 2.92. The molecule has 0 fully saturated rings. The third-order valence-electron chi connectivity index (χ3n) is 2.85. The second-order valence-electron chi connectivity index (χ2n) is 4.01. The van der Waals surface area contributed by atoms with Gasteiger partial charge < -0.3 is 5.11 Å². The third-order valence-corrected chi connectivity index (χ3v) is 2.85. The molecular weight excluding hydrogens is 186 g/mol. The average molecular weight is 202 g/mol. The lowest BCUT2D eigenvalue weighted by molar-refractivity contribution is -0.0342. The molecule has 0 bridgehead atoms. The van der Waals surface area contributed by atoms with Crippen LogP contribution in [0.4, 0.5) is 8.78 Å². The van der Waals surface area contributed by atoms with Gasteiger partial charge in [-0.2, -0.15) is 0 Å². The molecule has 0 saturated carbocycles. The monoisotopic (exact) mass is 202 g/mol. The molecule has 2 atom stereocenters. The third kappa shape index (κ3) is 2.41. The molecule has 80 valence electrons. The van der Waals surface area contributed by atoms with Gasteiger partial charge in [-0.1, -0.05) is 19.1 Å². The average Bonchev–Trinajstić information content (AvgIpc) is 2.11. The smallest absolute Gasteiger partial charge is 0.266 e. The highest BCUT2D eigenvalue weighted by Crippen LogP contribution is 2.37. The summed E-state index contributed by atoms with van der Waals surface area (Å²) in [6.45, 7) is 5.41. The van der Waals surface area contributed by atoms with Crippen LogP contribution >= 0.6 is 0 Å². The number of rotatable bonds is 3. The highest BCUT2D eigenvalue weighted by atomic mass is 19.3. The minimum atomic E-state index is -2.75. The zero-order valence-corrected chi connectivity index (χ0v) is 8.34. The fourth-order valence-corrected chi connectivity index (χ4v) is 1.66. The van der Waals surface area contributed by atoms with E-state index in [9.17, 15) is 13.9 Å². The van der Waals surface area contributed by atoms with Gasteiger partial charge in [0.05, 0.1) is 5.60 Å². The Morgan fingerprint density at radius 1 is 1.50 bits per heavy atom. The van der Waals surface area contributed by atoms with Gasteiger partial charge in [-0.25, -0.2) is 8.78 Å². The molecule has 1 aliphatic carbocycles. The van der Waals surface area contributed by atoms with E-state index in [0.29, 0.717) is 6.42 Å². The summed E-state index contributed by atoms with van der Waals surface area (Å²) in [5, 5.41) is 10.0. The molecule has 0 aliphatic heterocycles. The van der Waals surface area contributed by atoms with Crippen LogP contribution in [-0.4, -0.2) is 16.6 Å². The van der Waals surface area contributed by atoms with Crippen LogP contribution in [-0.2, 0) is 0 Å². The predicted molar refractivity (Wildman–Crippen MR) is 52.2 cm³/mol. The van der Waals surface area contributed by atoms with Crippen LogP contribution in [0.25, 0.3) is 0 Å². The van der Waals surface area contributed by atoms with Crippen molar-refractivity contribution in [2.75, 3.05) is 0 Å². The van der Waals surface area contributed by atoms with Gasteiger partial charge in [0, 0.05) is 6.42 Å². The number of halogens is 2. The number of hydrogen-bond donors (Lipinski definition) is 1. The van der Waals surface area contributed by atoms with Gasteiger partial charge in [-0.3, -0.25) is 0 Å². The molecule has 2 unspecified atom stereocenters. The summed E-state index contributed by atoms with van der Waals surface area (Å²) >= 11 is 0. The van der Waals surface area contributed by atoms with E-state index in [0.717, 1.165) is 6.08 Å². The SMILES string of the molecule is C=CCC(C)C1(O)C=CC(F)(F)CC1. The van der Waals surface area contributed by atoms with Crippen LogP contribution < -0.4 is 0 Å². The van der Waals surface area contributed by atoms with Gasteiger partial charge >= 0.3 is 0 Å². The summed E-state index contributed by atoms with van der Waals surface area (Å²) in [5.74, 6) is -2.81. The fourth-order valence-electron chi connectivity index (χ4n) is 1.66. The molecule has 0 radical (unpaired) electrons. The Kier molecular flexibility index (Phi) is 3.10. The molecule has 0 aromatic heterocycles. The first kappa shape index (κ1) is 11.4. The Bertz CT molecular complexity index is 248. The second-order valence-corrected chi connectivity index (χ2v) is 4.01. The van der Waals surface area contributed by atoms with Crippen LogP contribution in [0.3, 0.4) is 0 Å². The largest absolute Gasteiger partial charge is 0.386 e. The lowest BCUT2D eigenvalue weighted by Crippen LogP contribution is -2.39. The first-order valence-corrected chi connectivity index (χ1v) is 4.81. The van der Waals surface area contributed by atoms with Gasteiger partial charge in [0.25, 0.3) is 5.92 Å².